The van der Waals surface area contributed by atoms with Gasteiger partial charge in [-0.25, -0.2) is 4.98 Å². The number of hydrogen-bond donors (Lipinski definition) is 1. The van der Waals surface area contributed by atoms with E-state index in [0.717, 1.165) is 6.42 Å². The highest BCUT2D eigenvalue weighted by Gasteiger charge is 2.27. The van der Waals surface area contributed by atoms with Crippen molar-refractivity contribution in [3.63, 3.8) is 0 Å². The predicted octanol–water partition coefficient (Wildman–Crippen LogP) is 1.28. The molecule has 1 unspecified atom stereocenters. The quantitative estimate of drug-likeness (QED) is 0.891. The number of carboxylic acid groups (broad SMARTS) is 1. The molecule has 0 aromatic carbocycles. The lowest BCUT2D eigenvalue weighted by Crippen LogP contribution is -2.29. The van der Waals surface area contributed by atoms with Crippen LogP contribution >= 0.6 is 0 Å². The first-order valence-electron chi connectivity index (χ1n) is 6.47. The average molecular weight is 273 g/mol. The molecule has 1 aromatic rings. The number of aliphatic carboxylic acids is 1. The summed E-state index contributed by atoms with van der Waals surface area (Å²) < 4.78 is 0. The number of carboxylic acids is 1. The standard InChI is InChI=1S/C14H15N3O3/c15-7-11-1-3-12(16-8-11)14(20)17-6-5-10(9-17)2-4-13(18)19/h1,3,8,10H,2,4-6,9H2,(H,18,19). The Balaban J connectivity index is 1.93. The summed E-state index contributed by atoms with van der Waals surface area (Å²) in [5.74, 6) is -0.718. The number of hydrogen-bond acceptors (Lipinski definition) is 4. The molecule has 0 spiro atoms. The number of rotatable bonds is 4. The first kappa shape index (κ1) is 14.0. The molecule has 1 aliphatic heterocycles. The fraction of sp³-hybridized carbons (Fsp3) is 0.429. The number of aromatic nitrogens is 1. The summed E-state index contributed by atoms with van der Waals surface area (Å²) in [4.78, 5) is 28.4. The molecule has 104 valence electrons. The van der Waals surface area contributed by atoms with Gasteiger partial charge in [0, 0.05) is 25.7 Å². The smallest absolute Gasteiger partial charge is 0.303 e. The molecular formula is C14H15N3O3. The van der Waals surface area contributed by atoms with Crippen LogP contribution in [0.2, 0.25) is 0 Å². The third-order valence-corrected chi connectivity index (χ3v) is 3.45. The summed E-state index contributed by atoms with van der Waals surface area (Å²) >= 11 is 0. The molecule has 2 heterocycles. The Morgan fingerprint density at radius 2 is 2.30 bits per heavy atom. The maximum Gasteiger partial charge on any atom is 0.303 e. The van der Waals surface area contributed by atoms with Crippen molar-refractivity contribution in [3.8, 4) is 6.07 Å². The van der Waals surface area contributed by atoms with Gasteiger partial charge in [-0.1, -0.05) is 0 Å². The zero-order valence-electron chi connectivity index (χ0n) is 11.0. The summed E-state index contributed by atoms with van der Waals surface area (Å²) in [6.45, 7) is 1.21. The average Bonchev–Trinajstić information content (AvgIpc) is 2.93. The summed E-state index contributed by atoms with van der Waals surface area (Å²) in [6, 6.07) is 5.07. The van der Waals surface area contributed by atoms with Crippen LogP contribution in [0, 0.1) is 17.2 Å². The maximum absolute atomic E-state index is 12.2. The third-order valence-electron chi connectivity index (χ3n) is 3.45. The van der Waals surface area contributed by atoms with E-state index in [1.807, 2.05) is 6.07 Å². The van der Waals surface area contributed by atoms with Crippen molar-refractivity contribution in [2.75, 3.05) is 13.1 Å². The fourth-order valence-electron chi connectivity index (χ4n) is 2.33. The van der Waals surface area contributed by atoms with Gasteiger partial charge in [-0.2, -0.15) is 5.26 Å². The number of carbonyl (C=O) groups excluding carboxylic acids is 1. The van der Waals surface area contributed by atoms with Crippen molar-refractivity contribution in [2.45, 2.75) is 19.3 Å². The maximum atomic E-state index is 12.2. The van der Waals surface area contributed by atoms with E-state index in [4.69, 9.17) is 10.4 Å². The van der Waals surface area contributed by atoms with Crippen LogP contribution in [0.1, 0.15) is 35.3 Å². The van der Waals surface area contributed by atoms with Crippen molar-refractivity contribution in [1.29, 1.82) is 5.26 Å². The third kappa shape index (κ3) is 3.32. The Hall–Kier alpha value is -2.42. The van der Waals surface area contributed by atoms with Gasteiger partial charge in [0.05, 0.1) is 5.56 Å². The Morgan fingerprint density at radius 1 is 1.50 bits per heavy atom. The van der Waals surface area contributed by atoms with E-state index in [1.165, 1.54) is 6.20 Å². The van der Waals surface area contributed by atoms with Crippen molar-refractivity contribution in [2.24, 2.45) is 5.92 Å². The molecule has 0 radical (unpaired) electrons. The second-order valence-electron chi connectivity index (χ2n) is 4.88. The van der Waals surface area contributed by atoms with Gasteiger partial charge in [-0.05, 0) is 30.9 Å². The highest BCUT2D eigenvalue weighted by atomic mass is 16.4. The van der Waals surface area contributed by atoms with E-state index in [1.54, 1.807) is 17.0 Å². The van der Waals surface area contributed by atoms with E-state index in [0.29, 0.717) is 30.8 Å². The summed E-state index contributed by atoms with van der Waals surface area (Å²) in [7, 11) is 0. The topological polar surface area (TPSA) is 94.3 Å². The molecule has 6 heteroatoms. The minimum Gasteiger partial charge on any atom is -0.481 e. The summed E-state index contributed by atoms with van der Waals surface area (Å²) in [5, 5.41) is 17.3. The van der Waals surface area contributed by atoms with Gasteiger partial charge >= 0.3 is 5.97 Å². The first-order chi connectivity index (χ1) is 9.60. The number of pyridine rings is 1. The van der Waals surface area contributed by atoms with E-state index in [-0.39, 0.29) is 18.2 Å². The zero-order valence-corrected chi connectivity index (χ0v) is 11.0. The minimum absolute atomic E-state index is 0.141. The first-order valence-corrected chi connectivity index (χ1v) is 6.47. The van der Waals surface area contributed by atoms with Gasteiger partial charge in [0.1, 0.15) is 11.8 Å². The van der Waals surface area contributed by atoms with Crippen LogP contribution in [0.3, 0.4) is 0 Å². The lowest BCUT2D eigenvalue weighted by Gasteiger charge is -2.15. The minimum atomic E-state index is -0.802. The molecule has 1 saturated heterocycles. The number of nitriles is 1. The molecule has 0 bridgehead atoms. The second-order valence-corrected chi connectivity index (χ2v) is 4.88. The molecule has 2 rings (SSSR count). The molecule has 1 aliphatic rings. The van der Waals surface area contributed by atoms with Crippen LogP contribution in [-0.2, 0) is 4.79 Å². The Morgan fingerprint density at radius 3 is 2.90 bits per heavy atom. The molecule has 0 aliphatic carbocycles. The summed E-state index contributed by atoms with van der Waals surface area (Å²) in [6.07, 6.45) is 2.95. The van der Waals surface area contributed by atoms with Crippen molar-refractivity contribution in [1.82, 2.24) is 9.88 Å². The number of amides is 1. The molecule has 1 amide bonds. The van der Waals surface area contributed by atoms with E-state index < -0.39 is 5.97 Å². The molecule has 6 nitrogen and oxygen atoms in total. The van der Waals surface area contributed by atoms with Crippen LogP contribution in [0.5, 0.6) is 0 Å². The second kappa shape index (κ2) is 6.15. The Labute approximate surface area is 116 Å². The predicted molar refractivity (Wildman–Crippen MR) is 69.8 cm³/mol. The molecule has 20 heavy (non-hydrogen) atoms. The number of nitrogens with zero attached hydrogens (tertiary/aromatic N) is 3. The highest BCUT2D eigenvalue weighted by molar-refractivity contribution is 5.92. The molecule has 1 fully saturated rings. The van der Waals surface area contributed by atoms with Crippen molar-refractivity contribution >= 4 is 11.9 Å². The monoisotopic (exact) mass is 273 g/mol. The van der Waals surface area contributed by atoms with Crippen molar-refractivity contribution in [3.05, 3.63) is 29.6 Å². The van der Waals surface area contributed by atoms with Crippen LogP contribution in [-0.4, -0.2) is 40.0 Å². The molecule has 0 saturated carbocycles. The fourth-order valence-corrected chi connectivity index (χ4v) is 2.33. The Kier molecular flexibility index (Phi) is 4.31. The SMILES string of the molecule is N#Cc1ccc(C(=O)N2CCC(CCC(=O)O)C2)nc1. The molecule has 1 aromatic heterocycles. The van der Waals surface area contributed by atoms with Crippen LogP contribution in [0.25, 0.3) is 0 Å². The molecule has 1 N–H and O–H groups in total. The number of likely N-dealkylation sites (tertiary alicyclic amines) is 1. The van der Waals surface area contributed by atoms with Gasteiger partial charge in [0.25, 0.3) is 5.91 Å². The zero-order chi connectivity index (χ0) is 14.5. The summed E-state index contributed by atoms with van der Waals surface area (Å²) in [5.41, 5.74) is 0.741. The van der Waals surface area contributed by atoms with Gasteiger partial charge in [-0.15, -0.1) is 0 Å². The van der Waals surface area contributed by atoms with Gasteiger partial charge < -0.3 is 10.0 Å². The largest absolute Gasteiger partial charge is 0.481 e. The van der Waals surface area contributed by atoms with E-state index >= 15 is 0 Å². The Bertz CT molecular complexity index is 548. The van der Waals surface area contributed by atoms with E-state index in [9.17, 15) is 9.59 Å². The normalized spacial score (nSPS) is 17.8. The van der Waals surface area contributed by atoms with Crippen molar-refractivity contribution < 1.29 is 14.7 Å². The molecule has 1 atom stereocenters. The van der Waals surface area contributed by atoms with Gasteiger partial charge in [0.15, 0.2) is 0 Å². The lowest BCUT2D eigenvalue weighted by atomic mass is 10.0. The highest BCUT2D eigenvalue weighted by Crippen LogP contribution is 2.22. The molecular weight excluding hydrogens is 258 g/mol. The van der Waals surface area contributed by atoms with Crippen LogP contribution < -0.4 is 0 Å². The van der Waals surface area contributed by atoms with E-state index in [2.05, 4.69) is 4.98 Å². The van der Waals surface area contributed by atoms with Crippen LogP contribution in [0.15, 0.2) is 18.3 Å². The van der Waals surface area contributed by atoms with Crippen LogP contribution in [0.4, 0.5) is 0 Å². The number of carbonyl (C=O) groups is 2. The van der Waals surface area contributed by atoms with Gasteiger partial charge in [-0.3, -0.25) is 9.59 Å². The lowest BCUT2D eigenvalue weighted by molar-refractivity contribution is -0.137. The van der Waals surface area contributed by atoms with Gasteiger partial charge in [0.2, 0.25) is 0 Å².